The number of carbonyl (C=O) groups is 3. The third-order valence-electron chi connectivity index (χ3n) is 5.51. The van der Waals surface area contributed by atoms with Crippen LogP contribution in [0.1, 0.15) is 36.0 Å². The summed E-state index contributed by atoms with van der Waals surface area (Å²) in [6, 6.07) is 4.64. The van der Waals surface area contributed by atoms with Gasteiger partial charge in [0.25, 0.3) is 5.91 Å². The third kappa shape index (κ3) is 4.05. The number of aromatic nitrogens is 2. The molecule has 4 rings (SSSR count). The fourth-order valence-electron chi connectivity index (χ4n) is 4.01. The Bertz CT molecular complexity index is 1000. The highest BCUT2D eigenvalue weighted by Crippen LogP contribution is 2.38. The van der Waals surface area contributed by atoms with Gasteiger partial charge in [0, 0.05) is 30.2 Å². The second-order valence-corrected chi connectivity index (χ2v) is 7.67. The molecule has 2 unspecified atom stereocenters. The zero-order valence-electron chi connectivity index (χ0n) is 16.2. The van der Waals surface area contributed by atoms with E-state index in [-0.39, 0.29) is 51.4 Å². The lowest BCUT2D eigenvalue weighted by molar-refractivity contribution is -0.916. The first-order valence-electron chi connectivity index (χ1n) is 9.72. The maximum absolute atomic E-state index is 13.4. The number of carboxylic acids is 1. The van der Waals surface area contributed by atoms with E-state index in [9.17, 15) is 19.6 Å². The van der Waals surface area contributed by atoms with Gasteiger partial charge in [0.2, 0.25) is 5.91 Å². The molecule has 1 aromatic heterocycles. The summed E-state index contributed by atoms with van der Waals surface area (Å²) in [5.41, 5.74) is 2.39. The Labute approximate surface area is 172 Å². The minimum Gasteiger partial charge on any atom is -0.632 e. The van der Waals surface area contributed by atoms with Crippen LogP contribution in [0.2, 0.25) is 0 Å². The second kappa shape index (κ2) is 7.88. The first-order chi connectivity index (χ1) is 14.3. The Morgan fingerprint density at radius 1 is 1.37 bits per heavy atom. The minimum absolute atomic E-state index is 0.0159. The Hall–Kier alpha value is -3.24. The fraction of sp³-hybridized carbons (Fsp3) is 0.400. The Morgan fingerprint density at radius 3 is 2.97 bits per heavy atom. The van der Waals surface area contributed by atoms with Crippen LogP contribution in [0.3, 0.4) is 0 Å². The van der Waals surface area contributed by atoms with Gasteiger partial charge in [-0.1, -0.05) is 12.1 Å². The number of aryl methyl sites for hydroxylation is 1. The molecule has 2 aromatic rings. The van der Waals surface area contributed by atoms with E-state index in [4.69, 9.17) is 9.84 Å². The molecule has 2 aliphatic rings. The van der Waals surface area contributed by atoms with Crippen molar-refractivity contribution < 1.29 is 28.9 Å². The van der Waals surface area contributed by atoms with Gasteiger partial charge in [-0.3, -0.25) is 24.4 Å². The van der Waals surface area contributed by atoms with Gasteiger partial charge >= 0.3 is 5.97 Å². The number of hydrogen-bond donors (Lipinski definition) is 2. The van der Waals surface area contributed by atoms with Crippen molar-refractivity contribution in [3.05, 3.63) is 52.5 Å². The maximum Gasteiger partial charge on any atom is 0.305 e. The fourth-order valence-corrected chi connectivity index (χ4v) is 4.01. The number of quaternary nitrogens is 1. The van der Waals surface area contributed by atoms with Crippen molar-refractivity contribution in [3.63, 3.8) is 0 Å². The summed E-state index contributed by atoms with van der Waals surface area (Å²) < 4.78 is 6.75. The van der Waals surface area contributed by atoms with E-state index in [0.29, 0.717) is 5.75 Å². The zero-order chi connectivity index (χ0) is 21.3. The van der Waals surface area contributed by atoms with Crippen molar-refractivity contribution in [3.8, 4) is 5.75 Å². The van der Waals surface area contributed by atoms with Crippen LogP contribution >= 0.6 is 0 Å². The zero-order valence-corrected chi connectivity index (χ0v) is 16.2. The smallest absolute Gasteiger partial charge is 0.305 e. The summed E-state index contributed by atoms with van der Waals surface area (Å²) in [4.78, 5) is 34.3. The Morgan fingerprint density at radius 2 is 2.20 bits per heavy atom. The van der Waals surface area contributed by atoms with E-state index in [1.54, 1.807) is 23.1 Å². The number of nitrogens with one attached hydrogen (secondary N) is 1. The van der Waals surface area contributed by atoms with E-state index < -0.39 is 22.6 Å². The van der Waals surface area contributed by atoms with Crippen molar-refractivity contribution >= 4 is 17.8 Å². The molecular weight excluding hydrogens is 392 g/mol. The average Bonchev–Trinajstić information content (AvgIpc) is 3.28. The monoisotopic (exact) mass is 414 g/mol. The number of benzene rings is 1. The van der Waals surface area contributed by atoms with Gasteiger partial charge in [0.05, 0.1) is 24.7 Å². The van der Waals surface area contributed by atoms with Crippen LogP contribution in [-0.2, 0) is 40.6 Å². The van der Waals surface area contributed by atoms with Gasteiger partial charge in [-0.05, 0) is 6.07 Å². The van der Waals surface area contributed by atoms with Gasteiger partial charge < -0.3 is 19.7 Å². The predicted molar refractivity (Wildman–Crippen MR) is 102 cm³/mol. The van der Waals surface area contributed by atoms with E-state index >= 15 is 0 Å². The van der Waals surface area contributed by atoms with Gasteiger partial charge in [0.15, 0.2) is 6.04 Å². The molecule has 1 aromatic carbocycles. The van der Waals surface area contributed by atoms with Crippen LogP contribution in [0.15, 0.2) is 30.6 Å². The van der Waals surface area contributed by atoms with Gasteiger partial charge in [-0.2, -0.15) is 5.10 Å². The van der Waals surface area contributed by atoms with Crippen molar-refractivity contribution in [1.29, 1.82) is 0 Å². The average molecular weight is 414 g/mol. The van der Waals surface area contributed by atoms with Crippen LogP contribution in [-0.4, -0.2) is 43.4 Å². The number of hydroxylamine groups is 3. The molecule has 0 saturated carbocycles. The summed E-state index contributed by atoms with van der Waals surface area (Å²) >= 11 is 0. The molecule has 0 aliphatic carbocycles. The predicted octanol–water partition coefficient (Wildman–Crippen LogP) is 1.07. The highest BCUT2D eigenvalue weighted by molar-refractivity contribution is 5.99. The van der Waals surface area contributed by atoms with Crippen LogP contribution in [0.25, 0.3) is 0 Å². The van der Waals surface area contributed by atoms with Crippen molar-refractivity contribution in [2.75, 3.05) is 0 Å². The summed E-state index contributed by atoms with van der Waals surface area (Å²) in [6.45, 7) is 0.764. The normalized spacial score (nSPS) is 23.2. The van der Waals surface area contributed by atoms with Crippen molar-refractivity contribution in [2.45, 2.75) is 51.5 Å². The number of piperidine rings is 1. The van der Waals surface area contributed by atoms with Gasteiger partial charge in [-0.25, -0.2) is 0 Å². The topological polar surface area (TPSA) is 134 Å². The maximum atomic E-state index is 13.4. The Balaban J connectivity index is 1.44. The first kappa shape index (κ1) is 20.0. The van der Waals surface area contributed by atoms with Crippen molar-refractivity contribution in [2.24, 2.45) is 0 Å². The summed E-state index contributed by atoms with van der Waals surface area (Å²) in [5.74, 6) is -1.16. The summed E-state index contributed by atoms with van der Waals surface area (Å²) in [6.07, 6.45) is 3.74. The highest BCUT2D eigenvalue weighted by atomic mass is 16.6. The molecule has 158 valence electrons. The number of carboxylic acid groups (broad SMARTS) is 1. The van der Waals surface area contributed by atoms with Crippen LogP contribution in [0, 0.1) is 5.21 Å². The van der Waals surface area contributed by atoms with Crippen LogP contribution in [0.4, 0.5) is 0 Å². The molecule has 10 heteroatoms. The lowest BCUT2D eigenvalue weighted by atomic mass is 10.0. The number of imide groups is 1. The molecule has 2 amide bonds. The van der Waals surface area contributed by atoms with Crippen LogP contribution < -0.4 is 10.1 Å². The van der Waals surface area contributed by atoms with E-state index in [1.807, 2.05) is 12.1 Å². The first-order valence-corrected chi connectivity index (χ1v) is 9.72. The molecule has 0 bridgehead atoms. The molecular formula is C20H22N4O6. The molecule has 1 saturated heterocycles. The number of nitrogens with zero attached hydrogens (tertiary/aromatic N) is 3. The molecule has 2 N–H and O–H groups in total. The summed E-state index contributed by atoms with van der Waals surface area (Å²) in [7, 11) is 0. The second-order valence-electron chi connectivity index (χ2n) is 7.67. The lowest BCUT2D eigenvalue weighted by Crippen LogP contribution is -2.58. The number of aliphatic carboxylic acids is 1. The third-order valence-corrected chi connectivity index (χ3v) is 5.51. The van der Waals surface area contributed by atoms with Crippen LogP contribution in [0.5, 0.6) is 5.75 Å². The minimum atomic E-state index is -0.890. The van der Waals surface area contributed by atoms with Crippen molar-refractivity contribution in [1.82, 2.24) is 15.1 Å². The molecule has 10 nitrogen and oxygen atoms in total. The number of rotatable bonds is 7. The van der Waals surface area contributed by atoms with Gasteiger partial charge in [0.1, 0.15) is 25.4 Å². The Kier molecular flexibility index (Phi) is 5.27. The van der Waals surface area contributed by atoms with E-state index in [2.05, 4.69) is 10.4 Å². The lowest BCUT2D eigenvalue weighted by Gasteiger charge is -2.45. The molecule has 2 atom stereocenters. The molecule has 3 heterocycles. The number of amides is 2. The number of ether oxygens (including phenoxy) is 1. The molecule has 1 fully saturated rings. The molecule has 30 heavy (non-hydrogen) atoms. The standard InChI is InChI=1S/C20H22N4O6/c25-18-5-4-16(20(28)22-18)24(29)10-14-2-1-3-17(15(14)11-24)30-12-13-8-21-23(9-13)7-6-19(26)27/h1-3,8-9,16H,4-7,10-12H2,(H,26,27)(H,22,25,28). The highest BCUT2D eigenvalue weighted by Gasteiger charge is 2.43. The van der Waals surface area contributed by atoms with E-state index in [0.717, 1.165) is 16.7 Å². The SMILES string of the molecule is O=C(O)CCn1cc(COc2cccc3c2C[N+]([O-])(C2CCC(=O)NC2=O)C3)cn1. The molecule has 0 radical (unpaired) electrons. The van der Waals surface area contributed by atoms with E-state index in [1.165, 1.54) is 0 Å². The number of carbonyl (C=O) groups excluding carboxylic acids is 2. The summed E-state index contributed by atoms with van der Waals surface area (Å²) in [5, 5.41) is 28.6. The largest absolute Gasteiger partial charge is 0.632 e. The quantitative estimate of drug-likeness (QED) is 0.393. The number of hydrogen-bond acceptors (Lipinski definition) is 6. The molecule has 0 spiro atoms. The number of fused-ring (bicyclic) bond motifs is 1. The van der Waals surface area contributed by atoms with Gasteiger partial charge in [-0.15, -0.1) is 0 Å². The molecule has 2 aliphatic heterocycles.